The number of aliphatic hydroxyl groups is 8. The van der Waals surface area contributed by atoms with E-state index >= 15 is 0 Å². The van der Waals surface area contributed by atoms with Crippen LogP contribution in [-0.4, -0.2) is 188 Å². The Balaban J connectivity index is 1.53. The number of hydrogen-bond acceptors (Lipinski definition) is 20. The summed E-state index contributed by atoms with van der Waals surface area (Å²) in [6.45, 7) is 7.38. The zero-order valence-corrected chi connectivity index (χ0v) is 37.2. The second kappa shape index (κ2) is 24.9. The first kappa shape index (κ1) is 52.3. The van der Waals surface area contributed by atoms with E-state index in [1.807, 2.05) is 0 Å². The van der Waals surface area contributed by atoms with Crippen LogP contribution in [0.1, 0.15) is 125 Å². The van der Waals surface area contributed by atoms with Crippen LogP contribution in [0, 0.1) is 0 Å². The van der Waals surface area contributed by atoms with Gasteiger partial charge in [-0.1, -0.05) is 71.6 Å². The smallest absolute Gasteiger partial charge is 0.306 e. The van der Waals surface area contributed by atoms with Crippen LogP contribution in [0.15, 0.2) is 0 Å². The highest BCUT2D eigenvalue weighted by Gasteiger charge is 2.57. The van der Waals surface area contributed by atoms with Crippen LogP contribution in [0.3, 0.4) is 0 Å². The molecule has 21 atom stereocenters. The van der Waals surface area contributed by atoms with E-state index in [9.17, 15) is 50.4 Å². The van der Waals surface area contributed by atoms with Crippen LogP contribution in [0.4, 0.5) is 0 Å². The lowest BCUT2D eigenvalue weighted by Gasteiger charge is -2.50. The van der Waals surface area contributed by atoms with Gasteiger partial charge in [-0.25, -0.2) is 0 Å². The number of rotatable bonds is 9. The van der Waals surface area contributed by atoms with Gasteiger partial charge in [0.15, 0.2) is 37.4 Å². The molecule has 0 aromatic carbocycles. The van der Waals surface area contributed by atoms with Crippen LogP contribution in [0.5, 0.6) is 0 Å². The molecule has 5 fully saturated rings. The summed E-state index contributed by atoms with van der Waals surface area (Å²) in [6.07, 6.45) is -20.7. The third-order valence-corrected chi connectivity index (χ3v) is 12.7. The molecule has 0 aromatic rings. The number of unbranched alkanes of at least 4 members (excludes halogenated alkanes) is 2. The zero-order chi connectivity index (χ0) is 46.0. The molecule has 0 radical (unpaired) electrons. The summed E-state index contributed by atoms with van der Waals surface area (Å²) in [6, 6.07) is 0. The van der Waals surface area contributed by atoms with Gasteiger partial charge in [0.05, 0.1) is 31.0 Å². The van der Waals surface area contributed by atoms with Gasteiger partial charge in [0.1, 0.15) is 67.1 Å². The number of ether oxygens (including phenoxy) is 10. The van der Waals surface area contributed by atoms with Crippen LogP contribution < -0.4 is 0 Å². The van der Waals surface area contributed by atoms with Gasteiger partial charge in [-0.05, 0) is 40.0 Å². The van der Waals surface area contributed by atoms with Crippen LogP contribution in [0.25, 0.3) is 0 Å². The lowest BCUT2D eigenvalue weighted by atomic mass is 9.95. The molecular weight excluding hydrogens is 836 g/mol. The van der Waals surface area contributed by atoms with Gasteiger partial charge in [0.2, 0.25) is 0 Å². The fourth-order valence-electron chi connectivity index (χ4n) is 8.75. The maximum Gasteiger partial charge on any atom is 0.306 e. The maximum atomic E-state index is 13.7. The van der Waals surface area contributed by atoms with Crippen molar-refractivity contribution in [3.8, 4) is 0 Å². The third kappa shape index (κ3) is 13.5. The number of carbonyl (C=O) groups is 2. The molecule has 20 heteroatoms. The highest BCUT2D eigenvalue weighted by molar-refractivity contribution is 5.70. The molecule has 8 N–H and O–H groups in total. The number of fused-ring (bicyclic) bond motifs is 4. The Labute approximate surface area is 369 Å². The van der Waals surface area contributed by atoms with Crippen LogP contribution in [-0.2, 0) is 57.0 Å². The van der Waals surface area contributed by atoms with Gasteiger partial charge >= 0.3 is 11.9 Å². The minimum absolute atomic E-state index is 0.0169. The van der Waals surface area contributed by atoms with E-state index in [-0.39, 0.29) is 18.9 Å². The average molecular weight is 911 g/mol. The van der Waals surface area contributed by atoms with Crippen molar-refractivity contribution in [1.29, 1.82) is 0 Å². The van der Waals surface area contributed by atoms with Crippen LogP contribution >= 0.6 is 0 Å². The Morgan fingerprint density at radius 2 is 1.19 bits per heavy atom. The Bertz CT molecular complexity index is 1380. The monoisotopic (exact) mass is 910 g/mol. The van der Waals surface area contributed by atoms with Gasteiger partial charge in [-0.15, -0.1) is 0 Å². The van der Waals surface area contributed by atoms with Crippen molar-refractivity contribution in [2.24, 2.45) is 0 Å². The Kier molecular flexibility index (Phi) is 20.7. The van der Waals surface area contributed by atoms with E-state index in [0.717, 1.165) is 57.8 Å². The number of aliphatic hydroxyl groups excluding tert-OH is 8. The summed E-state index contributed by atoms with van der Waals surface area (Å²) in [5.74, 6) is -1.47. The van der Waals surface area contributed by atoms with Gasteiger partial charge in [-0.3, -0.25) is 9.59 Å². The van der Waals surface area contributed by atoms with E-state index in [4.69, 9.17) is 47.4 Å². The van der Waals surface area contributed by atoms with E-state index in [1.165, 1.54) is 20.8 Å². The molecule has 5 saturated heterocycles. The average Bonchev–Trinajstić information content (AvgIpc) is 3.25. The second-order valence-corrected chi connectivity index (χ2v) is 17.6. The summed E-state index contributed by atoms with van der Waals surface area (Å²) in [5, 5.41) is 87.4. The predicted molar refractivity (Wildman–Crippen MR) is 216 cm³/mol. The fourth-order valence-corrected chi connectivity index (χ4v) is 8.75. The number of hydrogen-bond donors (Lipinski definition) is 8. The SMILES string of the molecule is CCCCCC1CCCCCCCCCC(=O)O[C@@H]2[C@@H](O[C@@H]3O[C@H](C)[C@@H](O)[C@H](O)[C@H]3O)[C@H](C)O[C@@H](O[C@H]3[C@H](O[C@H]4[C@H](O1)O[C@H](C)[C@@H](O)[C@@H]4O)O[C@H](CO)[C@@H](O)[C@@H]3O)[C@@H]2OC(=O)CC. The molecule has 0 spiro atoms. The highest BCUT2D eigenvalue weighted by atomic mass is 16.8. The minimum atomic E-state index is -1.89. The highest BCUT2D eigenvalue weighted by Crippen LogP contribution is 2.37. The molecule has 0 amide bonds. The normalized spacial score (nSPS) is 45.3. The van der Waals surface area contributed by atoms with E-state index in [2.05, 4.69) is 6.92 Å². The van der Waals surface area contributed by atoms with Crippen molar-refractivity contribution >= 4 is 11.9 Å². The topological polar surface area (TPSA) is 288 Å². The van der Waals surface area contributed by atoms with Crippen molar-refractivity contribution in [2.45, 2.75) is 253 Å². The largest absolute Gasteiger partial charge is 0.455 e. The molecular formula is C43H74O20. The molecule has 5 aliphatic heterocycles. The Morgan fingerprint density at radius 1 is 0.603 bits per heavy atom. The molecule has 2 bridgehead atoms. The molecule has 366 valence electrons. The first-order chi connectivity index (χ1) is 30.1. The molecule has 20 nitrogen and oxygen atoms in total. The molecule has 5 heterocycles. The van der Waals surface area contributed by atoms with Crippen molar-refractivity contribution in [3.63, 3.8) is 0 Å². The maximum absolute atomic E-state index is 13.7. The van der Waals surface area contributed by atoms with E-state index < -0.39 is 141 Å². The minimum Gasteiger partial charge on any atom is -0.455 e. The van der Waals surface area contributed by atoms with E-state index in [0.29, 0.717) is 19.3 Å². The molecule has 63 heavy (non-hydrogen) atoms. The standard InChI is InChI=1S/C43H74O20/c1-6-8-14-17-24-18-15-12-10-9-11-13-16-19-27(46)60-38-35(61-40-34(53)31(50)28(47)21(3)54-40)23(5)56-43(39(38)59-26(45)7-2)63-37-33(52)30(49)25(20-44)58-42(37)62-36-32(51)29(48)22(4)55-41(36)57-24/h21-25,28-44,47-53H,6-20H2,1-5H3/t21-,22-,23+,24?,25-,28-,29-,30-,31+,32+,33+,34-,35+,36-,37-,38-,39-,40+,41+,42+,43+/m1/s1. The predicted octanol–water partition coefficient (Wildman–Crippen LogP) is 0.344. The van der Waals surface area contributed by atoms with Gasteiger partial charge in [0.25, 0.3) is 0 Å². The van der Waals surface area contributed by atoms with Crippen molar-refractivity contribution in [2.75, 3.05) is 6.61 Å². The lowest BCUT2D eigenvalue weighted by Crippen LogP contribution is -2.67. The summed E-state index contributed by atoms with van der Waals surface area (Å²) < 4.78 is 61.5. The van der Waals surface area contributed by atoms with Gasteiger partial charge in [-0.2, -0.15) is 0 Å². The Morgan fingerprint density at radius 3 is 1.86 bits per heavy atom. The molecule has 0 saturated carbocycles. The van der Waals surface area contributed by atoms with Crippen LogP contribution in [0.2, 0.25) is 0 Å². The summed E-state index contributed by atoms with van der Waals surface area (Å²) in [4.78, 5) is 26.8. The van der Waals surface area contributed by atoms with Crippen molar-refractivity contribution in [1.82, 2.24) is 0 Å². The number of carbonyl (C=O) groups excluding carboxylic acids is 2. The fraction of sp³-hybridized carbons (Fsp3) is 0.953. The molecule has 5 aliphatic rings. The van der Waals surface area contributed by atoms with Crippen molar-refractivity contribution in [3.05, 3.63) is 0 Å². The molecule has 0 aliphatic carbocycles. The molecule has 5 rings (SSSR count). The number of esters is 2. The first-order valence-electron chi connectivity index (χ1n) is 23.1. The second-order valence-electron chi connectivity index (χ2n) is 17.6. The zero-order valence-electron chi connectivity index (χ0n) is 37.2. The van der Waals surface area contributed by atoms with Gasteiger partial charge < -0.3 is 88.2 Å². The lowest BCUT2D eigenvalue weighted by molar-refractivity contribution is -0.399. The van der Waals surface area contributed by atoms with Gasteiger partial charge in [0, 0.05) is 12.8 Å². The third-order valence-electron chi connectivity index (χ3n) is 12.7. The van der Waals surface area contributed by atoms with E-state index in [1.54, 1.807) is 6.92 Å². The Hall–Kier alpha value is -1.70. The molecule has 0 aromatic heterocycles. The summed E-state index contributed by atoms with van der Waals surface area (Å²) >= 11 is 0. The first-order valence-corrected chi connectivity index (χ1v) is 23.1. The summed E-state index contributed by atoms with van der Waals surface area (Å²) in [7, 11) is 0. The summed E-state index contributed by atoms with van der Waals surface area (Å²) in [5.41, 5.74) is 0. The van der Waals surface area contributed by atoms with Crippen molar-refractivity contribution < 1.29 is 97.8 Å². The molecule has 1 unspecified atom stereocenters. The quantitative estimate of drug-likeness (QED) is 0.114.